The average Bonchev–Trinajstić information content (AvgIpc) is 2.95. The molecule has 96 valence electrons. The third kappa shape index (κ3) is 2.30. The molecule has 0 aromatic carbocycles. The molecule has 0 bridgehead atoms. The normalized spacial score (nSPS) is 10.8. The number of carbonyl (C=O) groups is 1. The van der Waals surface area contributed by atoms with Crippen molar-refractivity contribution in [3.63, 3.8) is 0 Å². The summed E-state index contributed by atoms with van der Waals surface area (Å²) in [5, 5.41) is 4.38. The Labute approximate surface area is 109 Å². The van der Waals surface area contributed by atoms with Gasteiger partial charge in [0.2, 0.25) is 5.78 Å². The van der Waals surface area contributed by atoms with Crippen molar-refractivity contribution in [2.45, 2.75) is 20.0 Å². The zero-order valence-electron chi connectivity index (χ0n) is 10.0. The first-order valence-corrected chi connectivity index (χ1v) is 6.03. The van der Waals surface area contributed by atoms with E-state index in [9.17, 15) is 4.79 Å². The number of hydrogen-bond donors (Lipinski definition) is 1. The molecule has 2 aromatic heterocycles. The molecule has 0 spiro atoms. The molecule has 0 aliphatic rings. The predicted octanol–water partition coefficient (Wildman–Crippen LogP) is 0.943. The van der Waals surface area contributed by atoms with Crippen molar-refractivity contribution in [1.29, 1.82) is 0 Å². The highest BCUT2D eigenvalue weighted by Gasteiger charge is 2.20. The molecule has 6 nitrogen and oxygen atoms in total. The zero-order chi connectivity index (χ0) is 13.1. The second kappa shape index (κ2) is 5.32. The largest absolute Gasteiger partial charge is 0.335 e. The van der Waals surface area contributed by atoms with E-state index in [-0.39, 0.29) is 5.78 Å². The highest BCUT2D eigenvalue weighted by molar-refractivity contribution is 6.34. The van der Waals surface area contributed by atoms with Gasteiger partial charge in [-0.15, -0.1) is 0 Å². The van der Waals surface area contributed by atoms with Gasteiger partial charge in [-0.2, -0.15) is 5.10 Å². The number of aryl methyl sites for hydroxylation is 1. The number of imidazole rings is 1. The number of aromatic nitrogens is 4. The van der Waals surface area contributed by atoms with Crippen LogP contribution in [0.1, 0.15) is 23.1 Å². The maximum atomic E-state index is 12.3. The van der Waals surface area contributed by atoms with Gasteiger partial charge in [-0.3, -0.25) is 9.48 Å². The molecule has 0 aliphatic heterocycles. The lowest BCUT2D eigenvalue weighted by atomic mass is 10.2. The molecular formula is C11H14ClN5O. The van der Waals surface area contributed by atoms with Crippen LogP contribution < -0.4 is 5.73 Å². The van der Waals surface area contributed by atoms with Crippen molar-refractivity contribution in [2.24, 2.45) is 5.73 Å². The van der Waals surface area contributed by atoms with Gasteiger partial charge in [0, 0.05) is 25.8 Å². The molecule has 0 aliphatic carbocycles. The smallest absolute Gasteiger partial charge is 0.232 e. The number of hydrogen-bond acceptors (Lipinski definition) is 4. The minimum absolute atomic E-state index is 0.227. The van der Waals surface area contributed by atoms with Gasteiger partial charge in [-0.05, 0) is 6.92 Å². The quantitative estimate of drug-likeness (QED) is 0.818. The fourth-order valence-corrected chi connectivity index (χ4v) is 1.93. The van der Waals surface area contributed by atoms with Gasteiger partial charge < -0.3 is 10.3 Å². The summed E-state index contributed by atoms with van der Waals surface area (Å²) in [6, 6.07) is 0. The van der Waals surface area contributed by atoms with E-state index in [0.717, 1.165) is 0 Å². The Hall–Kier alpha value is -1.66. The summed E-state index contributed by atoms with van der Waals surface area (Å²) in [5.41, 5.74) is 6.16. The van der Waals surface area contributed by atoms with Gasteiger partial charge in [-0.1, -0.05) is 11.6 Å². The lowest BCUT2D eigenvalue weighted by Gasteiger charge is -2.02. The van der Waals surface area contributed by atoms with Gasteiger partial charge in [0.1, 0.15) is 11.4 Å². The van der Waals surface area contributed by atoms with Gasteiger partial charge in [0.25, 0.3) is 0 Å². The van der Waals surface area contributed by atoms with Crippen LogP contribution in [-0.2, 0) is 13.1 Å². The van der Waals surface area contributed by atoms with Crippen LogP contribution in [0.2, 0.25) is 5.02 Å². The number of carbonyl (C=O) groups excluding carboxylic acids is 1. The van der Waals surface area contributed by atoms with Crippen LogP contribution in [0.5, 0.6) is 0 Å². The maximum absolute atomic E-state index is 12.3. The molecule has 0 saturated carbocycles. The van der Waals surface area contributed by atoms with Crippen LogP contribution in [0, 0.1) is 0 Å². The van der Waals surface area contributed by atoms with E-state index in [4.69, 9.17) is 17.3 Å². The molecule has 7 heteroatoms. The Morgan fingerprint density at radius 3 is 3.00 bits per heavy atom. The van der Waals surface area contributed by atoms with Gasteiger partial charge >= 0.3 is 0 Å². The third-order valence-corrected chi connectivity index (χ3v) is 2.84. The molecule has 2 aromatic rings. The molecule has 2 heterocycles. The number of ketones is 1. The Kier molecular flexibility index (Phi) is 3.78. The summed E-state index contributed by atoms with van der Waals surface area (Å²) < 4.78 is 3.33. The minimum atomic E-state index is -0.227. The van der Waals surface area contributed by atoms with E-state index in [1.54, 1.807) is 21.8 Å². The first-order valence-electron chi connectivity index (χ1n) is 5.65. The van der Waals surface area contributed by atoms with Crippen molar-refractivity contribution in [2.75, 3.05) is 6.54 Å². The zero-order valence-corrected chi connectivity index (χ0v) is 10.8. The van der Waals surface area contributed by atoms with Crippen molar-refractivity contribution in [1.82, 2.24) is 19.3 Å². The summed E-state index contributed by atoms with van der Waals surface area (Å²) in [4.78, 5) is 16.3. The third-order valence-electron chi connectivity index (χ3n) is 2.56. The second-order valence-electron chi connectivity index (χ2n) is 3.77. The molecule has 0 fully saturated rings. The summed E-state index contributed by atoms with van der Waals surface area (Å²) in [6.07, 6.45) is 4.72. The maximum Gasteiger partial charge on any atom is 0.232 e. The van der Waals surface area contributed by atoms with Crippen LogP contribution >= 0.6 is 11.6 Å². The molecule has 18 heavy (non-hydrogen) atoms. The predicted molar refractivity (Wildman–Crippen MR) is 67.6 cm³/mol. The average molecular weight is 268 g/mol. The Bertz CT molecular complexity index is 560. The van der Waals surface area contributed by atoms with Crippen LogP contribution in [0.4, 0.5) is 0 Å². The van der Waals surface area contributed by atoms with Gasteiger partial charge in [0.15, 0.2) is 0 Å². The summed E-state index contributed by atoms with van der Waals surface area (Å²) >= 11 is 5.98. The lowest BCUT2D eigenvalue weighted by molar-refractivity contribution is 0.102. The Balaban J connectivity index is 2.32. The van der Waals surface area contributed by atoms with Crippen LogP contribution in [0.3, 0.4) is 0 Å². The van der Waals surface area contributed by atoms with Crippen LogP contribution in [0.25, 0.3) is 0 Å². The van der Waals surface area contributed by atoms with E-state index in [2.05, 4.69) is 10.1 Å². The number of nitrogens with zero attached hydrogens (tertiary/aromatic N) is 4. The van der Waals surface area contributed by atoms with Crippen molar-refractivity contribution >= 4 is 17.4 Å². The highest BCUT2D eigenvalue weighted by Crippen LogP contribution is 2.18. The molecule has 0 amide bonds. The summed E-state index contributed by atoms with van der Waals surface area (Å²) in [6.45, 7) is 3.60. The fraction of sp³-hybridized carbons (Fsp3) is 0.364. The number of halogens is 1. The summed E-state index contributed by atoms with van der Waals surface area (Å²) in [5.74, 6) is -0.227. The first-order chi connectivity index (χ1) is 8.67. The van der Waals surface area contributed by atoms with E-state index in [0.29, 0.717) is 36.0 Å². The van der Waals surface area contributed by atoms with Crippen molar-refractivity contribution in [3.8, 4) is 0 Å². The second-order valence-corrected chi connectivity index (χ2v) is 4.18. The van der Waals surface area contributed by atoms with Gasteiger partial charge in [-0.25, -0.2) is 4.98 Å². The summed E-state index contributed by atoms with van der Waals surface area (Å²) in [7, 11) is 0. The van der Waals surface area contributed by atoms with E-state index >= 15 is 0 Å². The fourth-order valence-electron chi connectivity index (χ4n) is 1.70. The van der Waals surface area contributed by atoms with Crippen molar-refractivity contribution < 1.29 is 4.79 Å². The molecule has 2 N–H and O–H groups in total. The molecule has 2 rings (SSSR count). The molecule has 0 unspecified atom stereocenters. The number of nitrogens with two attached hydrogens (primary N) is 1. The minimum Gasteiger partial charge on any atom is -0.335 e. The molecule has 0 atom stereocenters. The van der Waals surface area contributed by atoms with E-state index < -0.39 is 0 Å². The van der Waals surface area contributed by atoms with Crippen molar-refractivity contribution in [3.05, 3.63) is 35.1 Å². The lowest BCUT2D eigenvalue weighted by Crippen LogP contribution is -2.12. The van der Waals surface area contributed by atoms with Crippen LogP contribution in [-0.4, -0.2) is 31.7 Å². The topological polar surface area (TPSA) is 78.7 Å². The highest BCUT2D eigenvalue weighted by atomic mass is 35.5. The monoisotopic (exact) mass is 267 g/mol. The standard InChI is InChI=1S/C11H14ClN5O/c1-2-17-10(8(12)5-15-17)11(18)9-6-16(4-3-13)7-14-9/h5-7H,2-4,13H2,1H3. The van der Waals surface area contributed by atoms with Gasteiger partial charge in [0.05, 0.1) is 17.5 Å². The van der Waals surface area contributed by atoms with E-state index in [1.165, 1.54) is 6.20 Å². The SMILES string of the molecule is CCn1ncc(Cl)c1C(=O)c1cn(CCN)cn1. The molecule has 0 radical (unpaired) electrons. The first kappa shape index (κ1) is 12.8. The Morgan fingerprint density at radius 2 is 2.33 bits per heavy atom. The molecule has 0 saturated heterocycles. The van der Waals surface area contributed by atoms with Crippen LogP contribution in [0.15, 0.2) is 18.7 Å². The number of rotatable bonds is 5. The van der Waals surface area contributed by atoms with E-state index in [1.807, 2.05) is 6.92 Å². The molecular weight excluding hydrogens is 254 g/mol. The Morgan fingerprint density at radius 1 is 1.56 bits per heavy atom.